The summed E-state index contributed by atoms with van der Waals surface area (Å²) in [6.07, 6.45) is 0.781. The maximum absolute atomic E-state index is 12.0. The number of hydrogen-bond acceptors (Lipinski definition) is 3. The van der Waals surface area contributed by atoms with Gasteiger partial charge in [0.2, 0.25) is 0 Å². The van der Waals surface area contributed by atoms with E-state index in [9.17, 15) is 14.7 Å². The number of benzene rings is 1. The van der Waals surface area contributed by atoms with Crippen molar-refractivity contribution in [2.24, 2.45) is 11.8 Å². The van der Waals surface area contributed by atoms with Gasteiger partial charge in [-0.3, -0.25) is 9.59 Å². The molecule has 116 valence electrons. The number of phenolic OH excluding ortho intramolecular Hbond substituents is 1. The molecule has 0 saturated heterocycles. The van der Waals surface area contributed by atoms with E-state index in [0.29, 0.717) is 23.6 Å². The van der Waals surface area contributed by atoms with Crippen LogP contribution >= 0.6 is 0 Å². The Labute approximate surface area is 125 Å². The van der Waals surface area contributed by atoms with Crippen molar-refractivity contribution in [1.82, 2.24) is 5.32 Å². The Balaban J connectivity index is 2.63. The lowest BCUT2D eigenvalue weighted by Gasteiger charge is -2.18. The Bertz CT molecular complexity index is 511. The van der Waals surface area contributed by atoms with Crippen LogP contribution in [0.15, 0.2) is 18.2 Å². The van der Waals surface area contributed by atoms with Gasteiger partial charge in [0.05, 0.1) is 0 Å². The molecule has 0 heterocycles. The van der Waals surface area contributed by atoms with Crippen molar-refractivity contribution in [3.8, 4) is 5.75 Å². The van der Waals surface area contributed by atoms with E-state index in [-0.39, 0.29) is 24.0 Å². The topological polar surface area (TPSA) is 86.6 Å². The van der Waals surface area contributed by atoms with Crippen LogP contribution in [-0.2, 0) is 4.79 Å². The summed E-state index contributed by atoms with van der Waals surface area (Å²) < 4.78 is 0. The summed E-state index contributed by atoms with van der Waals surface area (Å²) in [5.74, 6) is -0.806. The molecule has 1 aromatic carbocycles. The maximum atomic E-state index is 12.0. The molecule has 0 saturated carbocycles. The first-order valence-electron chi connectivity index (χ1n) is 7.09. The first kappa shape index (κ1) is 17.0. The van der Waals surface area contributed by atoms with Gasteiger partial charge in [0, 0.05) is 18.5 Å². The van der Waals surface area contributed by atoms with E-state index in [0.717, 1.165) is 6.42 Å². The standard InChI is InChI=1S/C16H23NO4/c1-10(2)6-12(7-15(19)20)9-17-16(21)13-5-4-11(3)14(18)8-13/h4-5,8,10,12,18H,6-7,9H2,1-3H3,(H,17,21)(H,19,20). The van der Waals surface area contributed by atoms with Crippen molar-refractivity contribution in [2.45, 2.75) is 33.6 Å². The predicted octanol–water partition coefficient (Wildman–Crippen LogP) is 2.57. The molecule has 1 aromatic rings. The fourth-order valence-electron chi connectivity index (χ4n) is 2.24. The summed E-state index contributed by atoms with van der Waals surface area (Å²) in [4.78, 5) is 22.9. The van der Waals surface area contributed by atoms with Gasteiger partial charge in [-0.2, -0.15) is 0 Å². The van der Waals surface area contributed by atoms with Crippen molar-refractivity contribution in [3.05, 3.63) is 29.3 Å². The van der Waals surface area contributed by atoms with Crippen LogP contribution < -0.4 is 5.32 Å². The lowest BCUT2D eigenvalue weighted by atomic mass is 9.94. The largest absolute Gasteiger partial charge is 0.508 e. The molecule has 0 radical (unpaired) electrons. The third kappa shape index (κ3) is 5.85. The van der Waals surface area contributed by atoms with E-state index >= 15 is 0 Å². The molecule has 0 aromatic heterocycles. The monoisotopic (exact) mass is 293 g/mol. The van der Waals surface area contributed by atoms with Crippen LogP contribution in [0.5, 0.6) is 5.75 Å². The van der Waals surface area contributed by atoms with Gasteiger partial charge in [0.15, 0.2) is 0 Å². The molecule has 0 aliphatic rings. The predicted molar refractivity (Wildman–Crippen MR) is 80.4 cm³/mol. The average Bonchev–Trinajstić information content (AvgIpc) is 2.37. The number of carbonyl (C=O) groups excluding carboxylic acids is 1. The molecule has 1 atom stereocenters. The molecule has 1 rings (SSSR count). The number of carbonyl (C=O) groups is 2. The first-order valence-corrected chi connectivity index (χ1v) is 7.09. The van der Waals surface area contributed by atoms with Crippen LogP contribution in [-0.4, -0.2) is 28.6 Å². The number of carboxylic acid groups (broad SMARTS) is 1. The number of phenols is 1. The number of aliphatic carboxylic acids is 1. The zero-order valence-electron chi connectivity index (χ0n) is 12.7. The van der Waals surface area contributed by atoms with Gasteiger partial charge in [-0.15, -0.1) is 0 Å². The molecule has 0 spiro atoms. The van der Waals surface area contributed by atoms with Crippen LogP contribution in [0.1, 0.15) is 42.6 Å². The molecule has 1 unspecified atom stereocenters. The molecular formula is C16H23NO4. The highest BCUT2D eigenvalue weighted by atomic mass is 16.4. The second-order valence-electron chi connectivity index (χ2n) is 5.80. The second kappa shape index (κ2) is 7.67. The quantitative estimate of drug-likeness (QED) is 0.721. The van der Waals surface area contributed by atoms with Crippen LogP contribution in [0.2, 0.25) is 0 Å². The fourth-order valence-corrected chi connectivity index (χ4v) is 2.24. The van der Waals surface area contributed by atoms with Crippen molar-refractivity contribution >= 4 is 11.9 Å². The van der Waals surface area contributed by atoms with Crippen molar-refractivity contribution in [2.75, 3.05) is 6.54 Å². The normalized spacial score (nSPS) is 12.2. The Morgan fingerprint density at radius 3 is 2.48 bits per heavy atom. The van der Waals surface area contributed by atoms with Crippen LogP contribution in [0.25, 0.3) is 0 Å². The minimum Gasteiger partial charge on any atom is -0.508 e. The van der Waals surface area contributed by atoms with Crippen molar-refractivity contribution in [3.63, 3.8) is 0 Å². The summed E-state index contributed by atoms with van der Waals surface area (Å²) in [5, 5.41) is 21.2. The maximum Gasteiger partial charge on any atom is 0.303 e. The summed E-state index contributed by atoms with van der Waals surface area (Å²) in [5.41, 5.74) is 1.08. The highest BCUT2D eigenvalue weighted by molar-refractivity contribution is 5.94. The molecule has 1 amide bonds. The van der Waals surface area contributed by atoms with Crippen LogP contribution in [0, 0.1) is 18.8 Å². The van der Waals surface area contributed by atoms with Gasteiger partial charge in [-0.1, -0.05) is 19.9 Å². The molecule has 21 heavy (non-hydrogen) atoms. The molecule has 5 heteroatoms. The SMILES string of the molecule is Cc1ccc(C(=O)NCC(CC(=O)O)CC(C)C)cc1O. The van der Waals surface area contributed by atoms with Crippen molar-refractivity contribution in [1.29, 1.82) is 0 Å². The third-order valence-corrected chi connectivity index (χ3v) is 3.29. The second-order valence-corrected chi connectivity index (χ2v) is 5.80. The first-order chi connectivity index (χ1) is 9.79. The van der Waals surface area contributed by atoms with E-state index in [4.69, 9.17) is 5.11 Å². The molecule has 3 N–H and O–H groups in total. The number of carboxylic acids is 1. The van der Waals surface area contributed by atoms with E-state index in [1.807, 2.05) is 13.8 Å². The highest BCUT2D eigenvalue weighted by Gasteiger charge is 2.17. The molecule has 0 fully saturated rings. The third-order valence-electron chi connectivity index (χ3n) is 3.29. The van der Waals surface area contributed by atoms with E-state index in [1.54, 1.807) is 19.1 Å². The summed E-state index contributed by atoms with van der Waals surface area (Å²) in [6.45, 7) is 6.11. The minimum absolute atomic E-state index is 0.0393. The van der Waals surface area contributed by atoms with Crippen LogP contribution in [0.3, 0.4) is 0 Å². The number of hydrogen-bond donors (Lipinski definition) is 3. The van der Waals surface area contributed by atoms with Gasteiger partial charge in [0.25, 0.3) is 5.91 Å². The Morgan fingerprint density at radius 2 is 1.95 bits per heavy atom. The van der Waals surface area contributed by atoms with Crippen LogP contribution in [0.4, 0.5) is 0 Å². The lowest BCUT2D eigenvalue weighted by Crippen LogP contribution is -2.31. The van der Waals surface area contributed by atoms with E-state index < -0.39 is 5.97 Å². The lowest BCUT2D eigenvalue weighted by molar-refractivity contribution is -0.138. The van der Waals surface area contributed by atoms with Crippen molar-refractivity contribution < 1.29 is 19.8 Å². The molecule has 5 nitrogen and oxygen atoms in total. The number of nitrogens with one attached hydrogen (secondary N) is 1. The summed E-state index contributed by atoms with van der Waals surface area (Å²) in [6, 6.07) is 4.73. The molecular weight excluding hydrogens is 270 g/mol. The Kier molecular flexibility index (Phi) is 6.21. The fraction of sp³-hybridized carbons (Fsp3) is 0.500. The zero-order valence-corrected chi connectivity index (χ0v) is 12.7. The Morgan fingerprint density at radius 1 is 1.29 bits per heavy atom. The molecule has 0 bridgehead atoms. The highest BCUT2D eigenvalue weighted by Crippen LogP contribution is 2.18. The number of rotatable bonds is 7. The van der Waals surface area contributed by atoms with Gasteiger partial charge in [-0.25, -0.2) is 0 Å². The van der Waals surface area contributed by atoms with Gasteiger partial charge >= 0.3 is 5.97 Å². The smallest absolute Gasteiger partial charge is 0.303 e. The zero-order chi connectivity index (χ0) is 16.0. The summed E-state index contributed by atoms with van der Waals surface area (Å²) >= 11 is 0. The molecule has 0 aliphatic heterocycles. The van der Waals surface area contributed by atoms with Gasteiger partial charge in [0.1, 0.15) is 5.75 Å². The molecule has 0 aliphatic carbocycles. The minimum atomic E-state index is -0.858. The number of aromatic hydroxyl groups is 1. The number of amides is 1. The average molecular weight is 293 g/mol. The number of aryl methyl sites for hydroxylation is 1. The van der Waals surface area contributed by atoms with E-state index in [1.165, 1.54) is 6.07 Å². The summed E-state index contributed by atoms with van der Waals surface area (Å²) in [7, 11) is 0. The van der Waals surface area contributed by atoms with Gasteiger partial charge in [-0.05, 0) is 42.9 Å². The van der Waals surface area contributed by atoms with Gasteiger partial charge < -0.3 is 15.5 Å². The van der Waals surface area contributed by atoms with E-state index in [2.05, 4.69) is 5.32 Å². The Hall–Kier alpha value is -2.04.